The molecule has 11 heteroatoms. The van der Waals surface area contributed by atoms with Crippen LogP contribution in [0.5, 0.6) is 11.5 Å². The van der Waals surface area contributed by atoms with Gasteiger partial charge in [-0.1, -0.05) is 35.9 Å². The second-order valence-corrected chi connectivity index (χ2v) is 7.63. The van der Waals surface area contributed by atoms with Gasteiger partial charge in [0.1, 0.15) is 35.9 Å². The molecule has 1 aliphatic heterocycles. The van der Waals surface area contributed by atoms with Gasteiger partial charge < -0.3 is 26.3 Å². The molecule has 3 aromatic rings. The van der Waals surface area contributed by atoms with Crippen LogP contribution in [0.2, 0.25) is 5.02 Å². The first-order chi connectivity index (χ1) is 16.5. The van der Waals surface area contributed by atoms with E-state index >= 15 is 0 Å². The van der Waals surface area contributed by atoms with Crippen molar-refractivity contribution in [2.24, 2.45) is 4.99 Å². The highest BCUT2D eigenvalue weighted by molar-refractivity contribution is 6.30. The van der Waals surface area contributed by atoms with E-state index in [0.717, 1.165) is 5.56 Å². The van der Waals surface area contributed by atoms with Gasteiger partial charge in [0.05, 0.1) is 12.8 Å². The standard InChI is InChI=1S/C23H19ClN8O2/c1-33-16-4-2-3-14(20(16)34-10-12-5-7-13(24)8-6-12)19-17-18(27)15(9-25)21(28)31-22(17)32-23(30-19)29-11-26/h2-8,19H,10H2,1H3,(H6,27,28,29,30,31,32). The van der Waals surface area contributed by atoms with E-state index in [1.807, 2.05) is 24.4 Å². The highest BCUT2D eigenvalue weighted by atomic mass is 35.5. The molecule has 0 spiro atoms. The SMILES string of the molecule is COc1cccc(C2N=C(NC#N)Nc3nc(N)c(C#N)c(N)c32)c1OCc1ccc(Cl)cc1. The smallest absolute Gasteiger partial charge is 0.211 e. The summed E-state index contributed by atoms with van der Waals surface area (Å²) in [6, 6.07) is 13.8. The first-order valence-electron chi connectivity index (χ1n) is 9.99. The highest BCUT2D eigenvalue weighted by Crippen LogP contribution is 2.45. The maximum absolute atomic E-state index is 9.54. The third-order valence-corrected chi connectivity index (χ3v) is 5.43. The molecule has 2 aromatic carbocycles. The summed E-state index contributed by atoms with van der Waals surface area (Å²) >= 11 is 5.98. The van der Waals surface area contributed by atoms with Crippen molar-refractivity contribution >= 4 is 34.9 Å². The number of benzene rings is 2. The minimum absolute atomic E-state index is 0.0342. The number of methoxy groups -OCH3 is 1. The number of hydrogen-bond acceptors (Lipinski definition) is 10. The molecule has 0 saturated carbocycles. The number of guanidine groups is 1. The van der Waals surface area contributed by atoms with E-state index in [1.165, 1.54) is 7.11 Å². The lowest BCUT2D eigenvalue weighted by Crippen LogP contribution is -2.33. The van der Waals surface area contributed by atoms with E-state index < -0.39 is 6.04 Å². The third-order valence-electron chi connectivity index (χ3n) is 5.18. The van der Waals surface area contributed by atoms with Gasteiger partial charge in [-0.05, 0) is 23.8 Å². The topological polar surface area (TPSA) is 167 Å². The summed E-state index contributed by atoms with van der Waals surface area (Å²) in [4.78, 5) is 8.88. The van der Waals surface area contributed by atoms with Crippen molar-refractivity contribution in [2.45, 2.75) is 12.6 Å². The average molecular weight is 475 g/mol. The zero-order chi connectivity index (χ0) is 24.2. The number of nitrogens with zero attached hydrogens (tertiary/aromatic N) is 4. The van der Waals surface area contributed by atoms with Crippen LogP contribution in [0.25, 0.3) is 0 Å². The van der Waals surface area contributed by atoms with Crippen LogP contribution >= 0.6 is 11.6 Å². The van der Waals surface area contributed by atoms with Crippen molar-refractivity contribution in [1.29, 1.82) is 10.5 Å². The number of halogens is 1. The number of nitrogen functional groups attached to an aromatic ring is 2. The number of aliphatic imine (C=N–C) groups is 1. The predicted molar refractivity (Wildman–Crippen MR) is 128 cm³/mol. The average Bonchev–Trinajstić information content (AvgIpc) is 2.83. The molecule has 1 atom stereocenters. The van der Waals surface area contributed by atoms with Crippen molar-refractivity contribution in [3.8, 4) is 23.8 Å². The Hall–Kier alpha value is -4.67. The fourth-order valence-electron chi connectivity index (χ4n) is 3.61. The summed E-state index contributed by atoms with van der Waals surface area (Å²) in [6.45, 7) is 0.230. The molecule has 0 aliphatic carbocycles. The molecule has 2 heterocycles. The Labute approximate surface area is 200 Å². The maximum atomic E-state index is 9.54. The van der Waals surface area contributed by atoms with Crippen LogP contribution in [-0.2, 0) is 6.61 Å². The van der Waals surface area contributed by atoms with Gasteiger partial charge >= 0.3 is 0 Å². The molecule has 0 bridgehead atoms. The minimum atomic E-state index is -0.775. The van der Waals surface area contributed by atoms with Gasteiger partial charge in [-0.25, -0.2) is 9.98 Å². The van der Waals surface area contributed by atoms with Gasteiger partial charge in [0.15, 0.2) is 17.7 Å². The Balaban J connectivity index is 1.85. The Bertz CT molecular complexity index is 1360. The van der Waals surface area contributed by atoms with Crippen LogP contribution < -0.4 is 31.6 Å². The predicted octanol–water partition coefficient (Wildman–Crippen LogP) is 3.30. The number of para-hydroxylation sites is 1. The molecule has 34 heavy (non-hydrogen) atoms. The number of pyridine rings is 1. The van der Waals surface area contributed by atoms with E-state index in [-0.39, 0.29) is 35.5 Å². The summed E-state index contributed by atoms with van der Waals surface area (Å²) in [6.07, 6.45) is 1.83. The highest BCUT2D eigenvalue weighted by Gasteiger charge is 2.32. The molecule has 0 fully saturated rings. The second kappa shape index (κ2) is 9.45. The molecule has 10 nitrogen and oxygen atoms in total. The van der Waals surface area contributed by atoms with E-state index in [9.17, 15) is 5.26 Å². The fourth-order valence-corrected chi connectivity index (χ4v) is 3.73. The van der Waals surface area contributed by atoms with Gasteiger partial charge in [-0.15, -0.1) is 0 Å². The number of ether oxygens (including phenoxy) is 2. The first-order valence-corrected chi connectivity index (χ1v) is 10.4. The Morgan fingerprint density at radius 2 is 1.94 bits per heavy atom. The third kappa shape index (κ3) is 4.18. The Morgan fingerprint density at radius 3 is 2.62 bits per heavy atom. The van der Waals surface area contributed by atoms with Gasteiger partial charge in [0.2, 0.25) is 5.96 Å². The normalized spacial score (nSPS) is 14.0. The Kier molecular flexibility index (Phi) is 6.26. The van der Waals surface area contributed by atoms with E-state index in [1.54, 1.807) is 30.3 Å². The van der Waals surface area contributed by atoms with Crippen LogP contribution in [0.1, 0.15) is 28.3 Å². The van der Waals surface area contributed by atoms with Gasteiger partial charge in [-0.3, -0.25) is 5.32 Å². The molecule has 170 valence electrons. The van der Waals surface area contributed by atoms with Crippen LogP contribution in [0.3, 0.4) is 0 Å². The van der Waals surface area contributed by atoms with Crippen molar-refractivity contribution in [1.82, 2.24) is 10.3 Å². The lowest BCUT2D eigenvalue weighted by molar-refractivity contribution is 0.280. The maximum Gasteiger partial charge on any atom is 0.211 e. The molecule has 0 saturated heterocycles. The second-order valence-electron chi connectivity index (χ2n) is 7.20. The van der Waals surface area contributed by atoms with Crippen molar-refractivity contribution in [3.63, 3.8) is 0 Å². The molecule has 1 unspecified atom stereocenters. The zero-order valence-electron chi connectivity index (χ0n) is 18.0. The van der Waals surface area contributed by atoms with Crippen molar-refractivity contribution < 1.29 is 9.47 Å². The van der Waals surface area contributed by atoms with Crippen molar-refractivity contribution in [2.75, 3.05) is 23.9 Å². The number of fused-ring (bicyclic) bond motifs is 1. The van der Waals surface area contributed by atoms with E-state index in [0.29, 0.717) is 27.6 Å². The Morgan fingerprint density at radius 1 is 1.18 bits per heavy atom. The van der Waals surface area contributed by atoms with Crippen LogP contribution in [0.15, 0.2) is 47.5 Å². The number of rotatable bonds is 5. The van der Waals surface area contributed by atoms with E-state index in [2.05, 4.69) is 20.6 Å². The number of nitrogens with one attached hydrogen (secondary N) is 2. The minimum Gasteiger partial charge on any atom is -0.493 e. The molecular weight excluding hydrogens is 456 g/mol. The number of aromatic nitrogens is 1. The zero-order valence-corrected chi connectivity index (χ0v) is 18.7. The number of nitrogens with two attached hydrogens (primary N) is 2. The quantitative estimate of drug-likeness (QED) is 0.320. The summed E-state index contributed by atoms with van der Waals surface area (Å²) in [5, 5.41) is 24.7. The lowest BCUT2D eigenvalue weighted by Gasteiger charge is -2.27. The number of nitriles is 2. The van der Waals surface area contributed by atoms with Crippen molar-refractivity contribution in [3.05, 3.63) is 69.7 Å². The summed E-state index contributed by atoms with van der Waals surface area (Å²) < 4.78 is 11.7. The molecule has 0 radical (unpaired) electrons. The molecule has 4 rings (SSSR count). The molecule has 6 N–H and O–H groups in total. The summed E-state index contributed by atoms with van der Waals surface area (Å²) in [5.41, 5.74) is 14.4. The fraction of sp³-hybridized carbons (Fsp3) is 0.130. The monoisotopic (exact) mass is 474 g/mol. The first kappa shape index (κ1) is 22.5. The van der Waals surface area contributed by atoms with Gasteiger partial charge in [0.25, 0.3) is 0 Å². The molecule has 1 aromatic heterocycles. The van der Waals surface area contributed by atoms with E-state index in [4.69, 9.17) is 37.8 Å². The molecule has 0 amide bonds. The lowest BCUT2D eigenvalue weighted by atomic mass is 9.94. The summed E-state index contributed by atoms with van der Waals surface area (Å²) in [5.74, 6) is 1.28. The van der Waals surface area contributed by atoms with Gasteiger partial charge in [0, 0.05) is 16.1 Å². The van der Waals surface area contributed by atoms with Gasteiger partial charge in [-0.2, -0.15) is 10.5 Å². The van der Waals surface area contributed by atoms with Crippen LogP contribution in [-0.4, -0.2) is 18.1 Å². The van der Waals surface area contributed by atoms with Crippen LogP contribution in [0.4, 0.5) is 17.3 Å². The number of hydrogen-bond donors (Lipinski definition) is 4. The largest absolute Gasteiger partial charge is 0.493 e. The number of anilines is 3. The molecular formula is C23H19ClN8O2. The summed E-state index contributed by atoms with van der Waals surface area (Å²) in [7, 11) is 1.53. The molecule has 1 aliphatic rings. The van der Waals surface area contributed by atoms with Crippen LogP contribution in [0, 0.1) is 22.8 Å².